The van der Waals surface area contributed by atoms with Crippen molar-refractivity contribution in [2.24, 2.45) is 0 Å². The van der Waals surface area contributed by atoms with E-state index in [1.165, 1.54) is 14.2 Å². The van der Waals surface area contributed by atoms with Crippen LogP contribution in [0.3, 0.4) is 0 Å². The first kappa shape index (κ1) is 10.2. The fourth-order valence-corrected chi connectivity index (χ4v) is 0.599. The Kier molecular flexibility index (Phi) is 5.50. The zero-order valence-corrected chi connectivity index (χ0v) is 6.76. The van der Waals surface area contributed by atoms with Gasteiger partial charge in [0.1, 0.15) is 0 Å². The van der Waals surface area contributed by atoms with E-state index in [1.54, 1.807) is 0 Å². The molecule has 0 aliphatic heterocycles. The second-order valence-electron chi connectivity index (χ2n) is 2.06. The molecular weight excluding hydrogens is 148 g/mol. The van der Waals surface area contributed by atoms with E-state index in [1.807, 2.05) is 0 Å². The number of amides is 2. The van der Waals surface area contributed by atoms with Gasteiger partial charge in [0, 0.05) is 14.2 Å². The second kappa shape index (κ2) is 5.94. The molecular formula is C6H14N2O3. The molecule has 0 aromatic rings. The van der Waals surface area contributed by atoms with Gasteiger partial charge in [0.25, 0.3) is 0 Å². The Morgan fingerprint density at radius 1 is 1.73 bits per heavy atom. The first-order valence-electron chi connectivity index (χ1n) is 3.32. The maximum absolute atomic E-state index is 10.7. The van der Waals surface area contributed by atoms with E-state index >= 15 is 0 Å². The van der Waals surface area contributed by atoms with Crippen molar-refractivity contribution >= 4 is 6.03 Å². The standard InChI is InChI=1S/C6H14N2O3/c1-7-6(10)8-5(3-9)4-11-2/h5,9H,3-4H2,1-2H3,(H2,7,8,10)/t5-/m1/s1. The van der Waals surface area contributed by atoms with Gasteiger partial charge in [-0.15, -0.1) is 0 Å². The summed E-state index contributed by atoms with van der Waals surface area (Å²) in [6.45, 7) is 0.186. The lowest BCUT2D eigenvalue weighted by molar-refractivity contribution is 0.131. The highest BCUT2D eigenvalue weighted by atomic mass is 16.5. The molecule has 0 spiro atoms. The van der Waals surface area contributed by atoms with Crippen LogP contribution in [0.25, 0.3) is 0 Å². The topological polar surface area (TPSA) is 70.6 Å². The van der Waals surface area contributed by atoms with Crippen molar-refractivity contribution in [3.63, 3.8) is 0 Å². The summed E-state index contributed by atoms with van der Waals surface area (Å²) in [5, 5.41) is 13.5. The highest BCUT2D eigenvalue weighted by molar-refractivity contribution is 5.73. The van der Waals surface area contributed by atoms with Gasteiger partial charge in [-0.3, -0.25) is 0 Å². The number of hydrogen-bond donors (Lipinski definition) is 3. The second-order valence-corrected chi connectivity index (χ2v) is 2.06. The third kappa shape index (κ3) is 4.58. The van der Waals surface area contributed by atoms with Gasteiger partial charge in [-0.05, 0) is 0 Å². The normalized spacial score (nSPS) is 12.3. The minimum Gasteiger partial charge on any atom is -0.394 e. The molecule has 0 saturated carbocycles. The molecule has 0 bridgehead atoms. The zero-order chi connectivity index (χ0) is 8.69. The number of nitrogens with one attached hydrogen (secondary N) is 2. The number of hydrogen-bond acceptors (Lipinski definition) is 3. The molecule has 0 aromatic heterocycles. The molecule has 11 heavy (non-hydrogen) atoms. The van der Waals surface area contributed by atoms with Gasteiger partial charge in [0.2, 0.25) is 0 Å². The van der Waals surface area contributed by atoms with Crippen LogP contribution >= 0.6 is 0 Å². The third-order valence-electron chi connectivity index (χ3n) is 1.15. The van der Waals surface area contributed by atoms with Crippen LogP contribution in [0.15, 0.2) is 0 Å². The Hall–Kier alpha value is -0.810. The van der Waals surface area contributed by atoms with Crippen LogP contribution in [0.4, 0.5) is 4.79 Å². The van der Waals surface area contributed by atoms with Gasteiger partial charge >= 0.3 is 6.03 Å². The molecule has 1 atom stereocenters. The fourth-order valence-electron chi connectivity index (χ4n) is 0.599. The monoisotopic (exact) mass is 162 g/mol. The number of aliphatic hydroxyl groups excluding tert-OH is 1. The lowest BCUT2D eigenvalue weighted by atomic mass is 10.3. The van der Waals surface area contributed by atoms with E-state index in [9.17, 15) is 4.79 Å². The molecule has 3 N–H and O–H groups in total. The molecule has 5 heteroatoms. The summed E-state index contributed by atoms with van der Waals surface area (Å²) in [7, 11) is 3.02. The number of carbonyl (C=O) groups is 1. The summed E-state index contributed by atoms with van der Waals surface area (Å²) in [6.07, 6.45) is 0. The Labute approximate surface area is 65.7 Å². The summed E-state index contributed by atoms with van der Waals surface area (Å²) in [5.41, 5.74) is 0. The maximum atomic E-state index is 10.7. The SMILES string of the molecule is CNC(=O)N[C@H](CO)COC. The van der Waals surface area contributed by atoms with Crippen molar-refractivity contribution in [3.05, 3.63) is 0 Å². The zero-order valence-electron chi connectivity index (χ0n) is 6.76. The molecule has 0 rings (SSSR count). The molecule has 0 fully saturated rings. The fraction of sp³-hybridized carbons (Fsp3) is 0.833. The highest BCUT2D eigenvalue weighted by Crippen LogP contribution is 1.82. The van der Waals surface area contributed by atoms with Gasteiger partial charge in [-0.2, -0.15) is 0 Å². The number of rotatable bonds is 4. The van der Waals surface area contributed by atoms with Crippen molar-refractivity contribution in [1.82, 2.24) is 10.6 Å². The highest BCUT2D eigenvalue weighted by Gasteiger charge is 2.08. The quantitative estimate of drug-likeness (QED) is 0.492. The molecule has 0 aliphatic carbocycles. The number of ether oxygens (including phenoxy) is 1. The molecule has 0 radical (unpaired) electrons. The molecule has 0 aliphatic rings. The van der Waals surface area contributed by atoms with Crippen molar-refractivity contribution in [2.75, 3.05) is 27.4 Å². The summed E-state index contributed by atoms with van der Waals surface area (Å²) < 4.78 is 4.74. The summed E-state index contributed by atoms with van der Waals surface area (Å²) in [6, 6.07) is -0.652. The Bertz CT molecular complexity index is 118. The smallest absolute Gasteiger partial charge is 0.314 e. The van der Waals surface area contributed by atoms with Crippen LogP contribution in [0.1, 0.15) is 0 Å². The Morgan fingerprint density at radius 3 is 2.73 bits per heavy atom. The Morgan fingerprint density at radius 2 is 2.36 bits per heavy atom. The van der Waals surface area contributed by atoms with E-state index in [0.29, 0.717) is 6.61 Å². The van der Waals surface area contributed by atoms with E-state index in [2.05, 4.69) is 10.6 Å². The third-order valence-corrected chi connectivity index (χ3v) is 1.15. The molecule has 5 nitrogen and oxygen atoms in total. The van der Waals surface area contributed by atoms with E-state index in [-0.39, 0.29) is 18.7 Å². The van der Waals surface area contributed by atoms with Crippen LogP contribution < -0.4 is 10.6 Å². The van der Waals surface area contributed by atoms with E-state index in [0.717, 1.165) is 0 Å². The van der Waals surface area contributed by atoms with Gasteiger partial charge in [-0.25, -0.2) is 4.79 Å². The Balaban J connectivity index is 3.58. The number of aliphatic hydroxyl groups is 1. The van der Waals surface area contributed by atoms with Gasteiger partial charge < -0.3 is 20.5 Å². The van der Waals surface area contributed by atoms with Crippen LogP contribution in [0.2, 0.25) is 0 Å². The summed E-state index contributed by atoms with van der Waals surface area (Å²) >= 11 is 0. The molecule has 2 amide bonds. The molecule has 0 saturated heterocycles. The average molecular weight is 162 g/mol. The lowest BCUT2D eigenvalue weighted by Crippen LogP contribution is -2.44. The van der Waals surface area contributed by atoms with E-state index in [4.69, 9.17) is 9.84 Å². The lowest BCUT2D eigenvalue weighted by Gasteiger charge is -2.14. The number of methoxy groups -OCH3 is 1. The van der Waals surface area contributed by atoms with E-state index < -0.39 is 0 Å². The summed E-state index contributed by atoms with van der Waals surface area (Å²) in [5.74, 6) is 0. The minimum absolute atomic E-state index is 0.124. The van der Waals surface area contributed by atoms with Crippen LogP contribution in [-0.4, -0.2) is 44.6 Å². The molecule has 0 heterocycles. The predicted octanol–water partition coefficient (Wildman–Crippen LogP) is -1.08. The first-order chi connectivity index (χ1) is 5.24. The average Bonchev–Trinajstić information content (AvgIpc) is 2.03. The van der Waals surface area contributed by atoms with Crippen LogP contribution in [0.5, 0.6) is 0 Å². The maximum Gasteiger partial charge on any atom is 0.314 e. The van der Waals surface area contributed by atoms with Crippen LogP contribution in [-0.2, 0) is 4.74 Å². The van der Waals surface area contributed by atoms with Crippen LogP contribution in [0, 0.1) is 0 Å². The van der Waals surface area contributed by atoms with Crippen molar-refractivity contribution in [3.8, 4) is 0 Å². The van der Waals surface area contributed by atoms with Crippen molar-refractivity contribution in [2.45, 2.75) is 6.04 Å². The van der Waals surface area contributed by atoms with Gasteiger partial charge in [0.05, 0.1) is 19.3 Å². The first-order valence-corrected chi connectivity index (χ1v) is 3.32. The summed E-state index contributed by atoms with van der Waals surface area (Å²) in [4.78, 5) is 10.7. The predicted molar refractivity (Wildman–Crippen MR) is 40.3 cm³/mol. The molecule has 66 valence electrons. The minimum atomic E-state index is -0.333. The van der Waals surface area contributed by atoms with Gasteiger partial charge in [-0.1, -0.05) is 0 Å². The molecule has 0 aromatic carbocycles. The van der Waals surface area contributed by atoms with Crippen molar-refractivity contribution < 1.29 is 14.6 Å². The largest absolute Gasteiger partial charge is 0.394 e. The van der Waals surface area contributed by atoms with Crippen molar-refractivity contribution in [1.29, 1.82) is 0 Å². The molecule has 0 unspecified atom stereocenters. The number of urea groups is 1. The number of carbonyl (C=O) groups excluding carboxylic acids is 1. The van der Waals surface area contributed by atoms with Gasteiger partial charge in [0.15, 0.2) is 0 Å².